The van der Waals surface area contributed by atoms with Gasteiger partial charge in [0.25, 0.3) is 0 Å². The van der Waals surface area contributed by atoms with Crippen molar-refractivity contribution in [2.24, 2.45) is 0 Å². The van der Waals surface area contributed by atoms with Crippen LogP contribution in [0.25, 0.3) is 16.8 Å². The zero-order valence-corrected chi connectivity index (χ0v) is 34.0. The van der Waals surface area contributed by atoms with Crippen molar-refractivity contribution in [3.05, 3.63) is 144 Å². The molecule has 2 heterocycles. The summed E-state index contributed by atoms with van der Waals surface area (Å²) in [7, 11) is 0. The molecule has 0 radical (unpaired) electrons. The van der Waals surface area contributed by atoms with Crippen molar-refractivity contribution >= 4 is 35.0 Å². The molecule has 0 spiro atoms. The molecule has 1 fully saturated rings. The van der Waals surface area contributed by atoms with E-state index in [0.29, 0.717) is 48.1 Å². The van der Waals surface area contributed by atoms with Gasteiger partial charge < -0.3 is 36.1 Å². The first kappa shape index (κ1) is 42.1. The maximum atomic E-state index is 12.8. The van der Waals surface area contributed by atoms with E-state index in [9.17, 15) is 19.8 Å². The molecule has 0 unspecified atom stereocenters. The molecule has 5 aromatic carbocycles. The van der Waals surface area contributed by atoms with E-state index in [2.05, 4.69) is 32.2 Å². The molecule has 60 heavy (non-hydrogen) atoms. The van der Waals surface area contributed by atoms with Crippen molar-refractivity contribution in [1.29, 1.82) is 0 Å². The fourth-order valence-corrected chi connectivity index (χ4v) is 7.93. The van der Waals surface area contributed by atoms with Crippen LogP contribution in [-0.2, 0) is 32.2 Å². The summed E-state index contributed by atoms with van der Waals surface area (Å²) in [6.45, 7) is 0.367. The zero-order valence-electron chi connectivity index (χ0n) is 33.2. The second-order valence-electron chi connectivity index (χ2n) is 14.7. The van der Waals surface area contributed by atoms with Crippen LogP contribution in [0.4, 0.5) is 11.4 Å². The van der Waals surface area contributed by atoms with Crippen LogP contribution in [0.15, 0.2) is 126 Å². The predicted octanol–water partition coefficient (Wildman–Crippen LogP) is 8.04. The number of unbranched alkanes of at least 4 members (excludes halogenated alkanes) is 3. The SMILES string of the molecule is Nc1ccccc1NC(=O)CCCCCCC(=O)NCc1ccccc1-c1ccc([C@@H]2O[C@H](CSc3nnnn3-c3ccc(O)cc3)C[C@H](c3ccc(CO)cc3)O2)cc1. The van der Waals surface area contributed by atoms with Crippen LogP contribution in [-0.4, -0.2) is 54.1 Å². The Bertz CT molecular complexity index is 2320. The molecule has 310 valence electrons. The number of ether oxygens (including phenoxy) is 2. The molecular formula is C46H49N7O6S. The van der Waals surface area contributed by atoms with E-state index in [1.165, 1.54) is 11.8 Å². The number of aliphatic hydroxyl groups excluding tert-OH is 1. The number of phenols is 1. The lowest BCUT2D eigenvalue weighted by Gasteiger charge is -2.36. The highest BCUT2D eigenvalue weighted by Crippen LogP contribution is 2.40. The molecule has 14 heteroatoms. The number of aliphatic hydroxyl groups is 1. The van der Waals surface area contributed by atoms with Gasteiger partial charge >= 0.3 is 0 Å². The van der Waals surface area contributed by atoms with Crippen LogP contribution in [0.3, 0.4) is 0 Å². The Morgan fingerprint density at radius 3 is 2.25 bits per heavy atom. The second-order valence-corrected chi connectivity index (χ2v) is 15.6. The van der Waals surface area contributed by atoms with Crippen molar-refractivity contribution in [3.63, 3.8) is 0 Å². The monoisotopic (exact) mass is 827 g/mol. The van der Waals surface area contributed by atoms with E-state index >= 15 is 0 Å². The maximum absolute atomic E-state index is 12.8. The molecule has 0 aliphatic carbocycles. The minimum atomic E-state index is -0.644. The van der Waals surface area contributed by atoms with Crippen molar-refractivity contribution in [1.82, 2.24) is 25.5 Å². The number of nitrogens with two attached hydrogens (primary N) is 1. The molecule has 6 N–H and O–H groups in total. The first-order valence-corrected chi connectivity index (χ1v) is 21.1. The number of nitrogens with one attached hydrogen (secondary N) is 2. The Balaban J connectivity index is 0.935. The van der Waals surface area contributed by atoms with Crippen molar-refractivity contribution < 1.29 is 29.3 Å². The summed E-state index contributed by atoms with van der Waals surface area (Å²) in [6, 6.07) is 37.9. The van der Waals surface area contributed by atoms with E-state index in [-0.39, 0.29) is 36.4 Å². The third-order valence-electron chi connectivity index (χ3n) is 10.3. The number of anilines is 2. The van der Waals surface area contributed by atoms with Gasteiger partial charge in [-0.25, -0.2) is 0 Å². The molecule has 2 amide bonds. The highest BCUT2D eigenvalue weighted by Gasteiger charge is 2.33. The number of rotatable bonds is 18. The average molecular weight is 828 g/mol. The van der Waals surface area contributed by atoms with Crippen LogP contribution in [0.2, 0.25) is 0 Å². The van der Waals surface area contributed by atoms with Crippen molar-refractivity contribution in [3.8, 4) is 22.6 Å². The summed E-state index contributed by atoms with van der Waals surface area (Å²) in [4.78, 5) is 25.1. The zero-order chi connectivity index (χ0) is 41.7. The maximum Gasteiger partial charge on any atom is 0.224 e. The van der Waals surface area contributed by atoms with Gasteiger partial charge in [0.2, 0.25) is 17.0 Å². The largest absolute Gasteiger partial charge is 0.508 e. The van der Waals surface area contributed by atoms with Gasteiger partial charge in [-0.15, -0.1) is 5.10 Å². The van der Waals surface area contributed by atoms with Crippen LogP contribution < -0.4 is 16.4 Å². The van der Waals surface area contributed by atoms with Gasteiger partial charge in [-0.3, -0.25) is 9.59 Å². The van der Waals surface area contributed by atoms with Gasteiger partial charge in [0.05, 0.1) is 35.9 Å². The fourth-order valence-electron chi connectivity index (χ4n) is 7.02. The summed E-state index contributed by atoms with van der Waals surface area (Å²) in [5.74, 6) is 0.654. The van der Waals surface area contributed by atoms with Crippen LogP contribution in [0.1, 0.15) is 79.6 Å². The highest BCUT2D eigenvalue weighted by molar-refractivity contribution is 7.99. The number of thioether (sulfide) groups is 1. The second kappa shape index (κ2) is 20.8. The summed E-state index contributed by atoms with van der Waals surface area (Å²) >= 11 is 1.48. The number of benzene rings is 5. The number of hydrogen-bond donors (Lipinski definition) is 5. The number of nitrogen functional groups attached to an aromatic ring is 1. The third-order valence-corrected chi connectivity index (χ3v) is 11.4. The Morgan fingerprint density at radius 2 is 1.50 bits per heavy atom. The molecule has 1 aliphatic rings. The number of para-hydroxylation sites is 2. The molecule has 1 saturated heterocycles. The molecule has 3 atom stereocenters. The summed E-state index contributed by atoms with van der Waals surface area (Å²) < 4.78 is 14.8. The van der Waals surface area contributed by atoms with Crippen molar-refractivity contribution in [2.75, 3.05) is 16.8 Å². The minimum Gasteiger partial charge on any atom is -0.508 e. The average Bonchev–Trinajstić information content (AvgIpc) is 3.76. The standard InChI is InChI=1S/C46H49N7O6S/c47-40-11-7-8-12-41(40)49-44(57)14-4-2-1-3-13-43(56)48-28-35-9-5-6-10-39(35)32-19-21-34(22-20-32)45-58-38(27-42(59-45)33-17-15-31(29-54)16-18-33)30-60-46-50-51-52-53(46)36-23-25-37(55)26-24-36/h5-12,15-26,38,42,45,54-55H,1-4,13-14,27-30,47H2,(H,48,56)(H,49,57)/t38-,42+,45+/m0/s1. The first-order chi connectivity index (χ1) is 29.3. The van der Waals surface area contributed by atoms with Gasteiger partial charge in [0.15, 0.2) is 6.29 Å². The molecule has 1 aromatic heterocycles. The quantitative estimate of drug-likeness (QED) is 0.0321. The van der Waals surface area contributed by atoms with Gasteiger partial charge in [-0.2, -0.15) is 4.68 Å². The summed E-state index contributed by atoms with van der Waals surface area (Å²) in [6.07, 6.45) is 3.55. The van der Waals surface area contributed by atoms with E-state index in [1.54, 1.807) is 41.1 Å². The van der Waals surface area contributed by atoms with Crippen molar-refractivity contribution in [2.45, 2.75) is 81.8 Å². The molecule has 6 aromatic rings. The van der Waals surface area contributed by atoms with E-state index in [0.717, 1.165) is 64.8 Å². The van der Waals surface area contributed by atoms with Gasteiger partial charge in [0.1, 0.15) is 5.75 Å². The van der Waals surface area contributed by atoms with E-state index in [1.807, 2.05) is 78.9 Å². The molecule has 1 aliphatic heterocycles. The Morgan fingerprint density at radius 1 is 0.800 bits per heavy atom. The third kappa shape index (κ3) is 11.4. The number of amides is 2. The van der Waals surface area contributed by atoms with Gasteiger partial charge in [-0.1, -0.05) is 110 Å². The van der Waals surface area contributed by atoms with Crippen LogP contribution in [0, 0.1) is 0 Å². The first-order valence-electron chi connectivity index (χ1n) is 20.1. The molecule has 0 bridgehead atoms. The number of aromatic hydroxyl groups is 1. The van der Waals surface area contributed by atoms with Gasteiger partial charge in [0, 0.05) is 37.1 Å². The smallest absolute Gasteiger partial charge is 0.224 e. The Labute approximate surface area is 353 Å². The molecule has 13 nitrogen and oxygen atoms in total. The predicted molar refractivity (Wildman–Crippen MR) is 231 cm³/mol. The highest BCUT2D eigenvalue weighted by atomic mass is 32.2. The minimum absolute atomic E-state index is 0.00540. The Hall–Kier alpha value is -6.06. The van der Waals surface area contributed by atoms with Crippen LogP contribution in [0.5, 0.6) is 5.75 Å². The van der Waals surface area contributed by atoms with E-state index < -0.39 is 6.29 Å². The number of tetrazole rings is 1. The lowest BCUT2D eigenvalue weighted by atomic mass is 9.97. The van der Waals surface area contributed by atoms with Crippen LogP contribution >= 0.6 is 11.8 Å². The normalized spacial score (nSPS) is 16.3. The topological polar surface area (TPSA) is 187 Å². The number of aromatic nitrogens is 4. The number of hydrogen-bond acceptors (Lipinski definition) is 11. The lowest BCUT2D eigenvalue weighted by molar-refractivity contribution is -0.245. The summed E-state index contributed by atoms with van der Waals surface area (Å²) in [5, 5.41) is 38.2. The molecule has 7 rings (SSSR count). The molecular weight excluding hydrogens is 779 g/mol. The Kier molecular flexibility index (Phi) is 14.6. The number of nitrogens with zero attached hydrogens (tertiary/aromatic N) is 4. The number of phenolic OH excluding ortho intramolecular Hbond substituents is 1. The number of carbonyl (C=O) groups is 2. The lowest BCUT2D eigenvalue weighted by Crippen LogP contribution is -2.31. The van der Waals surface area contributed by atoms with Gasteiger partial charge in [-0.05, 0) is 87.5 Å². The summed E-state index contributed by atoms with van der Waals surface area (Å²) in [5.41, 5.74) is 13.5. The molecule has 0 saturated carbocycles. The van der Waals surface area contributed by atoms with E-state index in [4.69, 9.17) is 15.2 Å². The fraction of sp³-hybridized carbons (Fsp3) is 0.283. The number of carbonyl (C=O) groups excluding carboxylic acids is 2.